The van der Waals surface area contributed by atoms with Crippen LogP contribution < -0.4 is 10.9 Å². The Morgan fingerprint density at radius 1 is 1.44 bits per heavy atom. The quantitative estimate of drug-likeness (QED) is 0.826. The van der Waals surface area contributed by atoms with Crippen LogP contribution in [0.2, 0.25) is 0 Å². The Hall–Kier alpha value is -1.37. The third-order valence-corrected chi connectivity index (χ3v) is 4.75. The number of aromatic nitrogens is 2. The number of sulfone groups is 1. The second-order valence-corrected chi connectivity index (χ2v) is 6.80. The minimum absolute atomic E-state index is 0.0764. The van der Waals surface area contributed by atoms with Gasteiger partial charge in [-0.15, -0.1) is 0 Å². The largest absolute Gasteiger partial charge is 0.367 e. The van der Waals surface area contributed by atoms with Crippen LogP contribution in [0.15, 0.2) is 10.9 Å². The monoisotopic (exact) mass is 271 g/mol. The normalized spacial score (nSPS) is 19.6. The lowest BCUT2D eigenvalue weighted by atomic mass is 10.1. The average molecular weight is 271 g/mol. The molecule has 0 aromatic carbocycles. The van der Waals surface area contributed by atoms with Crippen molar-refractivity contribution in [2.75, 3.05) is 16.8 Å². The number of aromatic amines is 1. The van der Waals surface area contributed by atoms with E-state index < -0.39 is 9.84 Å². The first-order valence-electron chi connectivity index (χ1n) is 6.06. The summed E-state index contributed by atoms with van der Waals surface area (Å²) in [5, 5.41) is 3.14. The molecule has 100 valence electrons. The molecule has 1 aliphatic heterocycles. The molecular formula is C11H17N3O3S. The summed E-state index contributed by atoms with van der Waals surface area (Å²) in [4.78, 5) is 18.3. The standard InChI is InChI=1S/C11H17N3O3S/c1-2-9-13-10(7-11(15)14-9)12-8-3-5-18(16,17)6-4-8/h7-8H,2-6H2,1H3,(H2,12,13,14,15). The summed E-state index contributed by atoms with van der Waals surface area (Å²) in [6, 6.07) is 1.48. The number of H-pyrrole nitrogens is 1. The number of nitrogens with zero attached hydrogens (tertiary/aromatic N) is 1. The van der Waals surface area contributed by atoms with Crippen molar-refractivity contribution in [2.45, 2.75) is 32.2 Å². The predicted octanol–water partition coefficient (Wildman–Crippen LogP) is 0.321. The van der Waals surface area contributed by atoms with Crippen molar-refractivity contribution in [1.82, 2.24) is 9.97 Å². The molecule has 0 unspecified atom stereocenters. The fraction of sp³-hybridized carbons (Fsp3) is 0.636. The van der Waals surface area contributed by atoms with E-state index in [1.54, 1.807) is 0 Å². The van der Waals surface area contributed by atoms with Crippen molar-refractivity contribution in [3.8, 4) is 0 Å². The molecule has 0 aliphatic carbocycles. The molecule has 2 rings (SSSR count). The lowest BCUT2D eigenvalue weighted by Gasteiger charge is -2.23. The number of anilines is 1. The van der Waals surface area contributed by atoms with Crippen LogP contribution >= 0.6 is 0 Å². The van der Waals surface area contributed by atoms with Gasteiger partial charge in [0.2, 0.25) is 0 Å². The fourth-order valence-corrected chi connectivity index (χ4v) is 3.48. The highest BCUT2D eigenvalue weighted by molar-refractivity contribution is 7.91. The number of hydrogen-bond acceptors (Lipinski definition) is 5. The molecule has 0 spiro atoms. The van der Waals surface area contributed by atoms with Crippen molar-refractivity contribution >= 4 is 15.7 Å². The molecule has 6 nitrogen and oxygen atoms in total. The van der Waals surface area contributed by atoms with Crippen molar-refractivity contribution in [1.29, 1.82) is 0 Å². The van der Waals surface area contributed by atoms with E-state index in [4.69, 9.17) is 0 Å². The van der Waals surface area contributed by atoms with Crippen LogP contribution in [0.3, 0.4) is 0 Å². The van der Waals surface area contributed by atoms with Gasteiger partial charge in [-0.05, 0) is 12.8 Å². The summed E-state index contributed by atoms with van der Waals surface area (Å²) in [6.07, 6.45) is 1.79. The van der Waals surface area contributed by atoms with Crippen molar-refractivity contribution < 1.29 is 8.42 Å². The maximum Gasteiger partial charge on any atom is 0.252 e. The molecule has 1 fully saturated rings. The first-order valence-corrected chi connectivity index (χ1v) is 7.88. The van der Waals surface area contributed by atoms with Crippen LogP contribution in [0.5, 0.6) is 0 Å². The Kier molecular flexibility index (Phi) is 3.70. The van der Waals surface area contributed by atoms with Gasteiger partial charge >= 0.3 is 0 Å². The number of hydrogen-bond donors (Lipinski definition) is 2. The molecule has 0 saturated carbocycles. The fourth-order valence-electron chi connectivity index (χ4n) is 1.99. The van der Waals surface area contributed by atoms with E-state index in [0.717, 1.165) is 0 Å². The zero-order valence-electron chi connectivity index (χ0n) is 10.3. The zero-order chi connectivity index (χ0) is 13.2. The summed E-state index contributed by atoms with van der Waals surface area (Å²) >= 11 is 0. The smallest absolute Gasteiger partial charge is 0.252 e. The molecule has 1 aromatic heterocycles. The number of aryl methyl sites for hydroxylation is 1. The van der Waals surface area contributed by atoms with E-state index >= 15 is 0 Å². The Morgan fingerprint density at radius 2 is 2.11 bits per heavy atom. The van der Waals surface area contributed by atoms with Crippen molar-refractivity contribution in [3.05, 3.63) is 22.2 Å². The summed E-state index contributed by atoms with van der Waals surface area (Å²) in [6.45, 7) is 1.91. The lowest BCUT2D eigenvalue weighted by molar-refractivity contribution is 0.559. The van der Waals surface area contributed by atoms with Crippen LogP contribution in [0.1, 0.15) is 25.6 Å². The summed E-state index contributed by atoms with van der Waals surface area (Å²) in [7, 11) is -2.86. The van der Waals surface area contributed by atoms with E-state index in [1.807, 2.05) is 6.92 Å². The molecule has 0 atom stereocenters. The summed E-state index contributed by atoms with van der Waals surface area (Å²) in [5.74, 6) is 1.57. The molecule has 0 amide bonds. The van der Waals surface area contributed by atoms with E-state index in [0.29, 0.717) is 30.9 Å². The molecule has 1 saturated heterocycles. The molecule has 2 N–H and O–H groups in total. The molecule has 18 heavy (non-hydrogen) atoms. The molecule has 1 aromatic rings. The second kappa shape index (κ2) is 5.09. The number of rotatable bonds is 3. The average Bonchev–Trinajstić information content (AvgIpc) is 2.31. The molecule has 1 aliphatic rings. The Morgan fingerprint density at radius 3 is 2.72 bits per heavy atom. The van der Waals surface area contributed by atoms with Gasteiger partial charge in [0.1, 0.15) is 21.5 Å². The molecule has 0 radical (unpaired) electrons. The van der Waals surface area contributed by atoms with Crippen molar-refractivity contribution in [2.24, 2.45) is 0 Å². The lowest BCUT2D eigenvalue weighted by Crippen LogP contribution is -2.32. The zero-order valence-corrected chi connectivity index (χ0v) is 11.1. The van der Waals surface area contributed by atoms with Gasteiger partial charge in [-0.1, -0.05) is 6.92 Å². The second-order valence-electron chi connectivity index (χ2n) is 4.50. The molecule has 0 bridgehead atoms. The highest BCUT2D eigenvalue weighted by Gasteiger charge is 2.23. The Labute approximate surface area is 106 Å². The Bertz CT molecular complexity index is 565. The van der Waals surface area contributed by atoms with Gasteiger partial charge in [0.15, 0.2) is 0 Å². The van der Waals surface area contributed by atoms with Gasteiger partial charge in [-0.25, -0.2) is 13.4 Å². The van der Waals surface area contributed by atoms with E-state index in [-0.39, 0.29) is 23.1 Å². The van der Waals surface area contributed by atoms with Crippen LogP contribution in [0, 0.1) is 0 Å². The Balaban J connectivity index is 2.06. The van der Waals surface area contributed by atoms with Gasteiger partial charge < -0.3 is 10.3 Å². The summed E-state index contributed by atoms with van der Waals surface area (Å²) in [5.41, 5.74) is -0.187. The first kappa shape index (κ1) is 13.1. The van der Waals surface area contributed by atoms with Crippen LogP contribution in [0.25, 0.3) is 0 Å². The van der Waals surface area contributed by atoms with Crippen molar-refractivity contribution in [3.63, 3.8) is 0 Å². The minimum Gasteiger partial charge on any atom is -0.367 e. The highest BCUT2D eigenvalue weighted by atomic mass is 32.2. The highest BCUT2D eigenvalue weighted by Crippen LogP contribution is 2.15. The van der Waals surface area contributed by atoms with Gasteiger partial charge in [-0.2, -0.15) is 0 Å². The van der Waals surface area contributed by atoms with E-state index in [9.17, 15) is 13.2 Å². The molecule has 2 heterocycles. The van der Waals surface area contributed by atoms with Gasteiger partial charge in [-0.3, -0.25) is 4.79 Å². The van der Waals surface area contributed by atoms with Crippen LogP contribution in [-0.4, -0.2) is 35.9 Å². The van der Waals surface area contributed by atoms with Gasteiger partial charge in [0.25, 0.3) is 5.56 Å². The van der Waals surface area contributed by atoms with E-state index in [1.165, 1.54) is 6.07 Å². The SMILES string of the molecule is CCc1nc(NC2CCS(=O)(=O)CC2)cc(=O)[nH]1. The predicted molar refractivity (Wildman–Crippen MR) is 69.5 cm³/mol. The molecular weight excluding hydrogens is 254 g/mol. The van der Waals surface area contributed by atoms with Gasteiger partial charge in [0, 0.05) is 18.5 Å². The first-order chi connectivity index (χ1) is 8.48. The van der Waals surface area contributed by atoms with E-state index in [2.05, 4.69) is 15.3 Å². The maximum absolute atomic E-state index is 11.4. The third-order valence-electron chi connectivity index (χ3n) is 3.03. The minimum atomic E-state index is -2.86. The summed E-state index contributed by atoms with van der Waals surface area (Å²) < 4.78 is 22.6. The topological polar surface area (TPSA) is 91.9 Å². The third kappa shape index (κ3) is 3.32. The number of nitrogens with one attached hydrogen (secondary N) is 2. The van der Waals surface area contributed by atoms with Gasteiger partial charge in [0.05, 0.1) is 11.5 Å². The molecule has 7 heteroatoms. The van der Waals surface area contributed by atoms with Crippen LogP contribution in [-0.2, 0) is 16.3 Å². The van der Waals surface area contributed by atoms with Crippen LogP contribution in [0.4, 0.5) is 5.82 Å². The maximum atomic E-state index is 11.4.